The normalized spacial score (nSPS) is 14.1. The summed E-state index contributed by atoms with van der Waals surface area (Å²) in [6.07, 6.45) is 9.10. The van der Waals surface area contributed by atoms with Crippen molar-refractivity contribution in [1.29, 1.82) is 0 Å². The second-order valence-corrected chi connectivity index (χ2v) is 9.42. The molecule has 4 aromatic rings. The zero-order chi connectivity index (χ0) is 19.1. The van der Waals surface area contributed by atoms with E-state index in [2.05, 4.69) is 44.6 Å². The molecule has 0 aromatic carbocycles. The quantitative estimate of drug-likeness (QED) is 0.414. The molecule has 0 spiro atoms. The molecule has 0 fully saturated rings. The third kappa shape index (κ3) is 3.16. The fraction of sp³-hybridized carbons (Fsp3) is 0.381. The zero-order valence-electron chi connectivity index (χ0n) is 16.1. The molecule has 0 atom stereocenters. The summed E-state index contributed by atoms with van der Waals surface area (Å²) in [6.45, 7) is 4.42. The van der Waals surface area contributed by atoms with Gasteiger partial charge in [0.25, 0.3) is 0 Å². The number of thioether (sulfide) groups is 1. The lowest BCUT2D eigenvalue weighted by Crippen LogP contribution is -2.07. The monoisotopic (exact) mass is 409 g/mol. The summed E-state index contributed by atoms with van der Waals surface area (Å²) in [5.41, 5.74) is 4.83. The topological polar surface area (TPSA) is 48.0 Å². The fourth-order valence-corrected chi connectivity index (χ4v) is 5.98. The summed E-state index contributed by atoms with van der Waals surface area (Å²) in [5.74, 6) is 1.81. The Balaban J connectivity index is 1.45. The Bertz CT molecular complexity index is 1090. The molecule has 4 heterocycles. The second kappa shape index (κ2) is 7.37. The number of rotatable bonds is 5. The van der Waals surface area contributed by atoms with Crippen LogP contribution < -0.4 is 0 Å². The zero-order valence-corrected chi connectivity index (χ0v) is 17.8. The smallest absolute Gasteiger partial charge is 0.192 e. The maximum atomic E-state index is 4.70. The van der Waals surface area contributed by atoms with Crippen molar-refractivity contribution in [3.63, 3.8) is 0 Å². The molecule has 5 rings (SSSR count). The second-order valence-electron chi connectivity index (χ2n) is 7.52. The van der Waals surface area contributed by atoms with Crippen LogP contribution >= 0.6 is 23.1 Å². The largest absolute Gasteiger partial charge is 0.307 e. The Kier molecular flexibility index (Phi) is 4.72. The van der Waals surface area contributed by atoms with Crippen molar-refractivity contribution < 1.29 is 0 Å². The van der Waals surface area contributed by atoms with Crippen molar-refractivity contribution in [2.24, 2.45) is 0 Å². The average molecular weight is 410 g/mol. The molecule has 5 nitrogen and oxygen atoms in total. The molecular formula is C21H23N5S2. The average Bonchev–Trinajstić information content (AvgIpc) is 3.41. The van der Waals surface area contributed by atoms with Gasteiger partial charge in [0.15, 0.2) is 11.0 Å². The van der Waals surface area contributed by atoms with E-state index >= 15 is 0 Å². The number of aromatic nitrogens is 5. The molecule has 0 amide bonds. The molecule has 1 aliphatic rings. The number of fused-ring (bicyclic) bond motifs is 2. The summed E-state index contributed by atoms with van der Waals surface area (Å²) in [7, 11) is 0. The Hall–Kier alpha value is -2.12. The van der Waals surface area contributed by atoms with Crippen LogP contribution in [0.4, 0.5) is 0 Å². The van der Waals surface area contributed by atoms with Gasteiger partial charge in [-0.25, -0.2) is 4.98 Å². The van der Waals surface area contributed by atoms with Crippen LogP contribution in [0.15, 0.2) is 41.1 Å². The molecule has 7 heteroatoms. The van der Waals surface area contributed by atoms with Gasteiger partial charge in [0.05, 0.1) is 5.69 Å². The minimum absolute atomic E-state index is 0.313. The van der Waals surface area contributed by atoms with E-state index in [1.807, 2.05) is 35.7 Å². The third-order valence-corrected chi connectivity index (χ3v) is 7.31. The highest BCUT2D eigenvalue weighted by Gasteiger charge is 2.23. The van der Waals surface area contributed by atoms with Crippen LogP contribution in [0.2, 0.25) is 0 Å². The van der Waals surface area contributed by atoms with Crippen molar-refractivity contribution in [1.82, 2.24) is 24.1 Å². The van der Waals surface area contributed by atoms with E-state index < -0.39 is 0 Å². The molecule has 4 aromatic heterocycles. The molecule has 0 saturated carbocycles. The summed E-state index contributed by atoms with van der Waals surface area (Å²) < 4.78 is 4.35. The summed E-state index contributed by atoms with van der Waals surface area (Å²) in [4.78, 5) is 6.24. The van der Waals surface area contributed by atoms with Gasteiger partial charge in [0.1, 0.15) is 5.65 Å². The number of hydrogen-bond acceptors (Lipinski definition) is 5. The third-order valence-electron chi connectivity index (χ3n) is 5.25. The van der Waals surface area contributed by atoms with Crippen molar-refractivity contribution in [3.05, 3.63) is 52.1 Å². The van der Waals surface area contributed by atoms with Gasteiger partial charge in [-0.05, 0) is 57.2 Å². The molecule has 144 valence electrons. The summed E-state index contributed by atoms with van der Waals surface area (Å²) in [6, 6.07) is 6.38. The molecule has 0 aliphatic heterocycles. The number of pyridine rings is 1. The van der Waals surface area contributed by atoms with E-state index in [1.54, 1.807) is 16.6 Å². The van der Waals surface area contributed by atoms with Crippen LogP contribution in [0.25, 0.3) is 17.0 Å². The SMILES string of the molecule is CC(C)n1c(SCc2cn3ccccc3n2)nnc1-c1csc2c1CCCC2. The predicted molar refractivity (Wildman–Crippen MR) is 115 cm³/mol. The van der Waals surface area contributed by atoms with Crippen LogP contribution in [0.3, 0.4) is 0 Å². The first-order valence-corrected chi connectivity index (χ1v) is 11.7. The number of thiophene rings is 1. The molecule has 0 N–H and O–H groups in total. The van der Waals surface area contributed by atoms with Crippen molar-refractivity contribution in [2.45, 2.75) is 56.5 Å². The Labute approximate surface area is 172 Å². The van der Waals surface area contributed by atoms with Gasteiger partial charge in [0.2, 0.25) is 0 Å². The number of nitrogens with zero attached hydrogens (tertiary/aromatic N) is 5. The highest BCUT2D eigenvalue weighted by molar-refractivity contribution is 7.98. The van der Waals surface area contributed by atoms with Gasteiger partial charge in [0, 0.05) is 40.0 Å². The minimum atomic E-state index is 0.313. The van der Waals surface area contributed by atoms with Crippen LogP contribution in [0.5, 0.6) is 0 Å². The molecule has 0 bridgehead atoms. The number of hydrogen-bond donors (Lipinski definition) is 0. The van der Waals surface area contributed by atoms with E-state index in [0.717, 1.165) is 28.1 Å². The maximum Gasteiger partial charge on any atom is 0.192 e. The number of aryl methyl sites for hydroxylation is 1. The van der Waals surface area contributed by atoms with E-state index in [-0.39, 0.29) is 0 Å². The first-order valence-electron chi connectivity index (χ1n) is 9.80. The van der Waals surface area contributed by atoms with Gasteiger partial charge in [-0.15, -0.1) is 21.5 Å². The van der Waals surface area contributed by atoms with Crippen LogP contribution in [-0.4, -0.2) is 24.1 Å². The van der Waals surface area contributed by atoms with Gasteiger partial charge in [-0.2, -0.15) is 0 Å². The summed E-state index contributed by atoms with van der Waals surface area (Å²) >= 11 is 3.60. The minimum Gasteiger partial charge on any atom is -0.307 e. The van der Waals surface area contributed by atoms with E-state index in [0.29, 0.717) is 6.04 Å². The van der Waals surface area contributed by atoms with Crippen LogP contribution in [0, 0.1) is 0 Å². The number of imidazole rings is 1. The van der Waals surface area contributed by atoms with Crippen molar-refractivity contribution >= 4 is 28.7 Å². The van der Waals surface area contributed by atoms with E-state index in [1.165, 1.54) is 36.8 Å². The highest BCUT2D eigenvalue weighted by atomic mass is 32.2. The van der Waals surface area contributed by atoms with Gasteiger partial charge >= 0.3 is 0 Å². The van der Waals surface area contributed by atoms with E-state index in [9.17, 15) is 0 Å². The summed E-state index contributed by atoms with van der Waals surface area (Å²) in [5, 5.41) is 12.4. The molecule has 28 heavy (non-hydrogen) atoms. The first kappa shape index (κ1) is 17.9. The van der Waals surface area contributed by atoms with Gasteiger partial charge in [-0.3, -0.25) is 4.57 Å². The Morgan fingerprint density at radius 1 is 1.18 bits per heavy atom. The molecule has 1 aliphatic carbocycles. The lowest BCUT2D eigenvalue weighted by molar-refractivity contribution is 0.554. The molecule has 0 radical (unpaired) electrons. The van der Waals surface area contributed by atoms with Crippen LogP contribution in [0.1, 0.15) is 48.9 Å². The van der Waals surface area contributed by atoms with Crippen molar-refractivity contribution in [2.75, 3.05) is 0 Å². The molecule has 0 saturated heterocycles. The fourth-order valence-electron chi connectivity index (χ4n) is 3.90. The lowest BCUT2D eigenvalue weighted by Gasteiger charge is -2.16. The van der Waals surface area contributed by atoms with Gasteiger partial charge in [-0.1, -0.05) is 17.8 Å². The van der Waals surface area contributed by atoms with E-state index in [4.69, 9.17) is 4.98 Å². The standard InChI is InChI=1S/C21H23N5S2/c1-14(2)26-20(17-13-27-18-8-4-3-7-16(17)18)23-24-21(26)28-12-15-11-25-10-6-5-9-19(25)22-15/h5-6,9-11,13-14H,3-4,7-8,12H2,1-2H3. The van der Waals surface area contributed by atoms with Gasteiger partial charge < -0.3 is 4.40 Å². The van der Waals surface area contributed by atoms with Crippen LogP contribution in [-0.2, 0) is 18.6 Å². The maximum absolute atomic E-state index is 4.70. The predicted octanol–water partition coefficient (Wildman–Crippen LogP) is 5.41. The first-order chi connectivity index (χ1) is 13.7. The Morgan fingerprint density at radius 3 is 2.93 bits per heavy atom. The molecular weight excluding hydrogens is 386 g/mol. The van der Waals surface area contributed by atoms with Crippen molar-refractivity contribution in [3.8, 4) is 11.4 Å². The molecule has 0 unspecified atom stereocenters. The Morgan fingerprint density at radius 2 is 2.07 bits per heavy atom. The highest BCUT2D eigenvalue weighted by Crippen LogP contribution is 2.38. The lowest BCUT2D eigenvalue weighted by atomic mass is 9.95.